The van der Waals surface area contributed by atoms with Crippen molar-refractivity contribution in [2.24, 2.45) is 5.92 Å². The van der Waals surface area contributed by atoms with E-state index in [1.165, 1.54) is 32.1 Å². The lowest BCUT2D eigenvalue weighted by Gasteiger charge is -2.24. The third kappa shape index (κ3) is 4.70. The number of benzene rings is 1. The Bertz CT molecular complexity index is 922. The summed E-state index contributed by atoms with van der Waals surface area (Å²) in [6.45, 7) is 2.14. The SMILES string of the molecule is CCOC(=O)c1[nH]c2c(c1CCC1CCCCC1)C(=O)C[C@H](c1ccc(OC)cc1)C2. The fourth-order valence-corrected chi connectivity index (χ4v) is 5.29. The maximum Gasteiger partial charge on any atom is 0.355 e. The standard InChI is InChI=1S/C26H33NO4/c1-3-31-26(29)25-21(14-9-17-7-5-4-6-8-17)24-22(27-25)15-19(16-23(24)28)18-10-12-20(30-2)13-11-18/h10-13,17,19,27H,3-9,14-16H2,1-2H3/t19-/m1/s1. The highest BCUT2D eigenvalue weighted by Gasteiger charge is 2.34. The van der Waals surface area contributed by atoms with E-state index in [0.29, 0.717) is 24.6 Å². The summed E-state index contributed by atoms with van der Waals surface area (Å²) in [6.07, 6.45) is 9.43. The summed E-state index contributed by atoms with van der Waals surface area (Å²) in [6, 6.07) is 7.93. The average molecular weight is 424 g/mol. The van der Waals surface area contributed by atoms with Gasteiger partial charge in [0.2, 0.25) is 0 Å². The first-order valence-corrected chi connectivity index (χ1v) is 11.7. The first kappa shape index (κ1) is 21.7. The molecule has 1 saturated carbocycles. The Labute approximate surface area is 184 Å². The van der Waals surface area contributed by atoms with Crippen molar-refractivity contribution < 1.29 is 19.1 Å². The number of fused-ring (bicyclic) bond motifs is 1. The van der Waals surface area contributed by atoms with Crippen molar-refractivity contribution in [3.63, 3.8) is 0 Å². The molecule has 1 fully saturated rings. The molecule has 2 aromatic rings. The number of Topliss-reactive ketones (excluding diaryl/α,β-unsaturated/α-hetero) is 1. The molecular formula is C26H33NO4. The van der Waals surface area contributed by atoms with Crippen LogP contribution < -0.4 is 4.74 Å². The zero-order valence-corrected chi connectivity index (χ0v) is 18.7. The van der Waals surface area contributed by atoms with Crippen molar-refractivity contribution in [1.29, 1.82) is 0 Å². The molecule has 1 aromatic carbocycles. The normalized spacial score (nSPS) is 19.2. The summed E-state index contributed by atoms with van der Waals surface area (Å²) in [5, 5.41) is 0. The Kier molecular flexibility index (Phi) is 6.79. The van der Waals surface area contributed by atoms with Gasteiger partial charge in [-0.2, -0.15) is 0 Å². The molecule has 0 bridgehead atoms. The van der Waals surface area contributed by atoms with Crippen LogP contribution in [0.15, 0.2) is 24.3 Å². The molecule has 1 N–H and O–H groups in total. The third-order valence-corrected chi connectivity index (χ3v) is 6.94. The van der Waals surface area contributed by atoms with E-state index in [4.69, 9.17) is 9.47 Å². The topological polar surface area (TPSA) is 68.4 Å². The second-order valence-electron chi connectivity index (χ2n) is 8.90. The van der Waals surface area contributed by atoms with Gasteiger partial charge in [-0.15, -0.1) is 0 Å². The highest BCUT2D eigenvalue weighted by atomic mass is 16.5. The monoisotopic (exact) mass is 423 g/mol. The molecule has 1 heterocycles. The molecule has 0 unspecified atom stereocenters. The number of carbonyl (C=O) groups excluding carboxylic acids is 2. The number of aromatic amines is 1. The van der Waals surface area contributed by atoms with Crippen molar-refractivity contribution >= 4 is 11.8 Å². The summed E-state index contributed by atoms with van der Waals surface area (Å²) in [7, 11) is 1.65. The third-order valence-electron chi connectivity index (χ3n) is 6.94. The lowest BCUT2D eigenvalue weighted by atomic mass is 9.80. The number of hydrogen-bond donors (Lipinski definition) is 1. The van der Waals surface area contributed by atoms with Crippen LogP contribution >= 0.6 is 0 Å². The van der Waals surface area contributed by atoms with Crippen LogP contribution in [0.3, 0.4) is 0 Å². The number of hydrogen-bond acceptors (Lipinski definition) is 4. The minimum absolute atomic E-state index is 0.103. The van der Waals surface area contributed by atoms with Crippen LogP contribution in [0.5, 0.6) is 5.75 Å². The number of ketones is 1. The van der Waals surface area contributed by atoms with Gasteiger partial charge in [-0.05, 0) is 61.3 Å². The lowest BCUT2D eigenvalue weighted by molar-refractivity contribution is 0.0518. The zero-order valence-electron chi connectivity index (χ0n) is 18.7. The van der Waals surface area contributed by atoms with Gasteiger partial charge >= 0.3 is 5.97 Å². The first-order valence-electron chi connectivity index (χ1n) is 11.7. The van der Waals surface area contributed by atoms with Gasteiger partial charge in [-0.25, -0.2) is 4.79 Å². The zero-order chi connectivity index (χ0) is 21.8. The van der Waals surface area contributed by atoms with Crippen molar-refractivity contribution in [3.8, 4) is 5.75 Å². The molecule has 0 radical (unpaired) electrons. The van der Waals surface area contributed by atoms with E-state index in [2.05, 4.69) is 4.98 Å². The smallest absolute Gasteiger partial charge is 0.355 e. The van der Waals surface area contributed by atoms with Crippen LogP contribution in [0.2, 0.25) is 0 Å². The Hall–Kier alpha value is -2.56. The summed E-state index contributed by atoms with van der Waals surface area (Å²) in [4.78, 5) is 29.3. The van der Waals surface area contributed by atoms with Crippen molar-refractivity contribution in [3.05, 3.63) is 52.3 Å². The Balaban J connectivity index is 1.60. The summed E-state index contributed by atoms with van der Waals surface area (Å²) >= 11 is 0. The van der Waals surface area contributed by atoms with E-state index in [1.807, 2.05) is 31.2 Å². The highest BCUT2D eigenvalue weighted by molar-refractivity contribution is 6.03. The number of ether oxygens (including phenoxy) is 2. The molecule has 166 valence electrons. The van der Waals surface area contributed by atoms with Gasteiger partial charge in [0, 0.05) is 17.7 Å². The molecule has 5 nitrogen and oxygen atoms in total. The molecule has 2 aliphatic carbocycles. The Morgan fingerprint density at radius 3 is 2.52 bits per heavy atom. The largest absolute Gasteiger partial charge is 0.497 e. The Morgan fingerprint density at radius 1 is 1.10 bits per heavy atom. The van der Waals surface area contributed by atoms with Crippen LogP contribution in [0, 0.1) is 5.92 Å². The van der Waals surface area contributed by atoms with Gasteiger partial charge in [-0.3, -0.25) is 4.79 Å². The maximum absolute atomic E-state index is 13.3. The van der Waals surface area contributed by atoms with Crippen LogP contribution in [-0.4, -0.2) is 30.5 Å². The molecule has 1 aromatic heterocycles. The highest BCUT2D eigenvalue weighted by Crippen LogP contribution is 2.37. The van der Waals surface area contributed by atoms with E-state index in [1.54, 1.807) is 7.11 Å². The molecule has 5 heteroatoms. The predicted molar refractivity (Wildman–Crippen MR) is 120 cm³/mol. The summed E-state index contributed by atoms with van der Waals surface area (Å²) in [5.74, 6) is 1.39. The lowest BCUT2D eigenvalue weighted by Crippen LogP contribution is -2.19. The van der Waals surface area contributed by atoms with Gasteiger partial charge in [0.15, 0.2) is 5.78 Å². The van der Waals surface area contributed by atoms with E-state index in [9.17, 15) is 9.59 Å². The van der Waals surface area contributed by atoms with Crippen molar-refractivity contribution in [2.45, 2.75) is 70.6 Å². The summed E-state index contributed by atoms with van der Waals surface area (Å²) in [5.41, 5.74) is 4.14. The predicted octanol–water partition coefficient (Wildman–Crippen LogP) is 5.63. The molecule has 1 atom stereocenters. The molecule has 31 heavy (non-hydrogen) atoms. The number of rotatable bonds is 7. The fraction of sp³-hybridized carbons (Fsp3) is 0.538. The van der Waals surface area contributed by atoms with Crippen LogP contribution in [-0.2, 0) is 17.6 Å². The molecule has 0 amide bonds. The van der Waals surface area contributed by atoms with Gasteiger partial charge in [0.05, 0.1) is 13.7 Å². The van der Waals surface area contributed by atoms with Crippen LogP contribution in [0.25, 0.3) is 0 Å². The molecule has 0 aliphatic heterocycles. The van der Waals surface area contributed by atoms with Gasteiger partial charge in [-0.1, -0.05) is 44.2 Å². The number of carbonyl (C=O) groups is 2. The quantitative estimate of drug-likeness (QED) is 0.587. The van der Waals surface area contributed by atoms with E-state index < -0.39 is 0 Å². The van der Waals surface area contributed by atoms with Gasteiger partial charge in [0.1, 0.15) is 11.4 Å². The van der Waals surface area contributed by atoms with Crippen LogP contribution in [0.4, 0.5) is 0 Å². The van der Waals surface area contributed by atoms with Gasteiger partial charge < -0.3 is 14.5 Å². The number of aromatic nitrogens is 1. The molecule has 0 saturated heterocycles. The second kappa shape index (κ2) is 9.71. The first-order chi connectivity index (χ1) is 15.1. The van der Waals surface area contributed by atoms with E-state index >= 15 is 0 Å². The average Bonchev–Trinajstić information content (AvgIpc) is 3.18. The number of nitrogens with one attached hydrogen (secondary N) is 1. The van der Waals surface area contributed by atoms with Gasteiger partial charge in [0.25, 0.3) is 0 Å². The molecular weight excluding hydrogens is 390 g/mol. The summed E-state index contributed by atoms with van der Waals surface area (Å²) < 4.78 is 10.6. The fourth-order valence-electron chi connectivity index (χ4n) is 5.29. The number of methoxy groups -OCH3 is 1. The minimum atomic E-state index is -0.343. The molecule has 0 spiro atoms. The van der Waals surface area contributed by atoms with Crippen molar-refractivity contribution in [1.82, 2.24) is 4.98 Å². The maximum atomic E-state index is 13.3. The minimum Gasteiger partial charge on any atom is -0.497 e. The number of esters is 1. The molecule has 2 aliphatic rings. The van der Waals surface area contributed by atoms with E-state index in [0.717, 1.165) is 47.4 Å². The van der Waals surface area contributed by atoms with Crippen LogP contribution in [0.1, 0.15) is 95.5 Å². The van der Waals surface area contributed by atoms with Crippen molar-refractivity contribution in [2.75, 3.05) is 13.7 Å². The second-order valence-corrected chi connectivity index (χ2v) is 8.90. The Morgan fingerprint density at radius 2 is 1.84 bits per heavy atom. The number of H-pyrrole nitrogens is 1. The molecule has 4 rings (SSSR count). The van der Waals surface area contributed by atoms with E-state index in [-0.39, 0.29) is 17.7 Å².